The first-order chi connectivity index (χ1) is 11.9. The summed E-state index contributed by atoms with van der Waals surface area (Å²) in [7, 11) is 3.14. The van der Waals surface area contributed by atoms with Gasteiger partial charge in [0.15, 0.2) is 5.96 Å². The van der Waals surface area contributed by atoms with E-state index in [9.17, 15) is 13.2 Å². The van der Waals surface area contributed by atoms with Crippen LogP contribution in [0.3, 0.4) is 0 Å². The summed E-state index contributed by atoms with van der Waals surface area (Å²) in [6, 6.07) is 0. The topological polar surface area (TPSA) is 58.1 Å². The first kappa shape index (κ1) is 22.0. The average molecular weight is 368 g/mol. The van der Waals surface area contributed by atoms with Crippen LogP contribution in [0.5, 0.6) is 0 Å². The molecule has 0 saturated carbocycles. The van der Waals surface area contributed by atoms with Gasteiger partial charge in [-0.2, -0.15) is 13.2 Å². The van der Waals surface area contributed by atoms with Gasteiger partial charge in [-0.15, -0.1) is 0 Å². The Morgan fingerprint density at radius 1 is 1.28 bits per heavy atom. The maximum atomic E-state index is 12.2. The van der Waals surface area contributed by atoms with Gasteiger partial charge in [-0.05, 0) is 39.3 Å². The molecule has 6 nitrogen and oxygen atoms in total. The molecule has 1 atom stereocenters. The molecular formula is C16H31F3N4O2. The highest BCUT2D eigenvalue weighted by atomic mass is 19.4. The van der Waals surface area contributed by atoms with Crippen LogP contribution in [0.4, 0.5) is 13.2 Å². The molecule has 1 aliphatic rings. The summed E-state index contributed by atoms with van der Waals surface area (Å²) < 4.78 is 47.7. The molecule has 0 amide bonds. The Labute approximate surface area is 148 Å². The van der Waals surface area contributed by atoms with E-state index in [4.69, 9.17) is 9.47 Å². The summed E-state index contributed by atoms with van der Waals surface area (Å²) in [4.78, 5) is 5.35. The van der Waals surface area contributed by atoms with E-state index in [-0.39, 0.29) is 6.10 Å². The van der Waals surface area contributed by atoms with Crippen molar-refractivity contribution in [3.05, 3.63) is 0 Å². The zero-order chi connectivity index (χ0) is 18.5. The fourth-order valence-corrected chi connectivity index (χ4v) is 2.53. The Balaban J connectivity index is 1.97. The number of hydrogen-bond acceptors (Lipinski definition) is 4. The Hall–Kier alpha value is -1.06. The van der Waals surface area contributed by atoms with Gasteiger partial charge in [0, 0.05) is 33.4 Å². The molecule has 0 aliphatic carbocycles. The highest BCUT2D eigenvalue weighted by Crippen LogP contribution is 2.15. The number of rotatable bonds is 11. The van der Waals surface area contributed by atoms with Crippen LogP contribution in [0, 0.1) is 0 Å². The third kappa shape index (κ3) is 12.0. The van der Waals surface area contributed by atoms with Gasteiger partial charge in [0.25, 0.3) is 0 Å². The van der Waals surface area contributed by atoms with E-state index in [1.54, 1.807) is 7.05 Å². The fourth-order valence-electron chi connectivity index (χ4n) is 2.53. The summed E-state index contributed by atoms with van der Waals surface area (Å²) in [5.74, 6) is 0.651. The van der Waals surface area contributed by atoms with Crippen molar-refractivity contribution < 1.29 is 22.6 Å². The number of hydrogen-bond donors (Lipinski definition) is 2. The molecule has 25 heavy (non-hydrogen) atoms. The molecule has 0 bridgehead atoms. The standard InChI is InChI=1S/C16H31F3N4O2/c1-20-15(21-7-4-9-23(2)13-16(17,18)19)22-8-5-10-24-12-14-6-3-11-25-14/h14H,3-13H2,1-2H3,(H2,20,21,22). The quantitative estimate of drug-likeness (QED) is 0.330. The molecular weight excluding hydrogens is 337 g/mol. The zero-order valence-electron chi connectivity index (χ0n) is 15.2. The van der Waals surface area contributed by atoms with Crippen LogP contribution < -0.4 is 10.6 Å². The van der Waals surface area contributed by atoms with Crippen molar-refractivity contribution in [3.8, 4) is 0 Å². The maximum Gasteiger partial charge on any atom is 0.401 e. The van der Waals surface area contributed by atoms with Crippen molar-refractivity contribution in [1.82, 2.24) is 15.5 Å². The smallest absolute Gasteiger partial charge is 0.379 e. The molecule has 1 rings (SSSR count). The van der Waals surface area contributed by atoms with Crippen molar-refractivity contribution in [3.63, 3.8) is 0 Å². The van der Waals surface area contributed by atoms with Gasteiger partial charge in [0.05, 0.1) is 19.3 Å². The molecule has 1 heterocycles. The van der Waals surface area contributed by atoms with Crippen molar-refractivity contribution in [1.29, 1.82) is 0 Å². The molecule has 0 aromatic heterocycles. The second-order valence-corrected chi connectivity index (χ2v) is 6.20. The Morgan fingerprint density at radius 3 is 2.60 bits per heavy atom. The number of nitrogens with zero attached hydrogens (tertiary/aromatic N) is 2. The molecule has 2 N–H and O–H groups in total. The van der Waals surface area contributed by atoms with Gasteiger partial charge < -0.3 is 20.1 Å². The number of aliphatic imine (C=N–C) groups is 1. The first-order valence-electron chi connectivity index (χ1n) is 8.80. The van der Waals surface area contributed by atoms with Crippen molar-refractivity contribution >= 4 is 5.96 Å². The largest absolute Gasteiger partial charge is 0.401 e. The molecule has 1 saturated heterocycles. The summed E-state index contributed by atoms with van der Waals surface area (Å²) in [5, 5.41) is 6.25. The van der Waals surface area contributed by atoms with E-state index in [1.165, 1.54) is 11.9 Å². The molecule has 1 aliphatic heterocycles. The van der Waals surface area contributed by atoms with E-state index in [2.05, 4.69) is 15.6 Å². The normalized spacial score (nSPS) is 18.8. The highest BCUT2D eigenvalue weighted by molar-refractivity contribution is 5.79. The third-order valence-electron chi connectivity index (χ3n) is 3.77. The van der Waals surface area contributed by atoms with E-state index in [1.807, 2.05) is 0 Å². The van der Waals surface area contributed by atoms with Gasteiger partial charge in [0.1, 0.15) is 0 Å². The maximum absolute atomic E-state index is 12.2. The minimum atomic E-state index is -4.15. The first-order valence-corrected chi connectivity index (χ1v) is 8.80. The molecule has 0 radical (unpaired) electrons. The second kappa shape index (κ2) is 12.3. The third-order valence-corrected chi connectivity index (χ3v) is 3.77. The van der Waals surface area contributed by atoms with Crippen LogP contribution in [0.15, 0.2) is 4.99 Å². The number of halogens is 3. The number of alkyl halides is 3. The van der Waals surface area contributed by atoms with E-state index in [0.717, 1.165) is 32.4 Å². The van der Waals surface area contributed by atoms with Crippen LogP contribution in [0.25, 0.3) is 0 Å². The number of nitrogens with one attached hydrogen (secondary N) is 2. The number of ether oxygens (including phenoxy) is 2. The van der Waals surface area contributed by atoms with Gasteiger partial charge in [-0.3, -0.25) is 9.89 Å². The van der Waals surface area contributed by atoms with Crippen LogP contribution in [-0.2, 0) is 9.47 Å². The molecule has 9 heteroatoms. The summed E-state index contributed by atoms with van der Waals surface area (Å²) in [6.45, 7) is 2.93. The summed E-state index contributed by atoms with van der Waals surface area (Å²) in [5.41, 5.74) is 0. The lowest BCUT2D eigenvalue weighted by Crippen LogP contribution is -2.39. The van der Waals surface area contributed by atoms with Crippen LogP contribution in [0.2, 0.25) is 0 Å². The molecule has 0 aromatic carbocycles. The predicted octanol–water partition coefficient (Wildman–Crippen LogP) is 1.62. The Bertz CT molecular complexity index is 375. The van der Waals surface area contributed by atoms with Crippen molar-refractivity contribution in [2.75, 3.05) is 60.1 Å². The SMILES string of the molecule is CN=C(NCCCOCC1CCCO1)NCCCN(C)CC(F)(F)F. The molecule has 148 valence electrons. The monoisotopic (exact) mass is 368 g/mol. The Kier molecular flexibility index (Phi) is 10.8. The average Bonchev–Trinajstić information content (AvgIpc) is 3.04. The summed E-state index contributed by atoms with van der Waals surface area (Å²) in [6.07, 6.45) is -0.250. The molecule has 1 fully saturated rings. The van der Waals surface area contributed by atoms with Crippen LogP contribution in [-0.4, -0.2) is 83.2 Å². The lowest BCUT2D eigenvalue weighted by Gasteiger charge is -2.19. The highest BCUT2D eigenvalue weighted by Gasteiger charge is 2.28. The second-order valence-electron chi connectivity index (χ2n) is 6.20. The fraction of sp³-hybridized carbons (Fsp3) is 0.938. The van der Waals surface area contributed by atoms with E-state index in [0.29, 0.717) is 38.7 Å². The van der Waals surface area contributed by atoms with E-state index < -0.39 is 12.7 Å². The van der Waals surface area contributed by atoms with Crippen LogP contribution in [0.1, 0.15) is 25.7 Å². The number of guanidine groups is 1. The van der Waals surface area contributed by atoms with Crippen LogP contribution >= 0.6 is 0 Å². The molecule has 1 unspecified atom stereocenters. The molecule has 0 aromatic rings. The van der Waals surface area contributed by atoms with Crippen molar-refractivity contribution in [2.24, 2.45) is 4.99 Å². The summed E-state index contributed by atoms with van der Waals surface area (Å²) >= 11 is 0. The van der Waals surface area contributed by atoms with Gasteiger partial charge in [-0.1, -0.05) is 0 Å². The zero-order valence-corrected chi connectivity index (χ0v) is 15.2. The lowest BCUT2D eigenvalue weighted by atomic mass is 10.2. The molecule has 0 spiro atoms. The minimum Gasteiger partial charge on any atom is -0.379 e. The van der Waals surface area contributed by atoms with Gasteiger partial charge >= 0.3 is 6.18 Å². The van der Waals surface area contributed by atoms with E-state index >= 15 is 0 Å². The van der Waals surface area contributed by atoms with Crippen molar-refractivity contribution in [2.45, 2.75) is 38.0 Å². The predicted molar refractivity (Wildman–Crippen MR) is 91.9 cm³/mol. The lowest BCUT2D eigenvalue weighted by molar-refractivity contribution is -0.143. The Morgan fingerprint density at radius 2 is 2.00 bits per heavy atom. The minimum absolute atomic E-state index is 0.248. The van der Waals surface area contributed by atoms with Gasteiger partial charge in [-0.25, -0.2) is 0 Å². The van der Waals surface area contributed by atoms with Gasteiger partial charge in [0.2, 0.25) is 0 Å².